The Balaban J connectivity index is 1.64. The molecule has 0 radical (unpaired) electrons. The van der Waals surface area contributed by atoms with Crippen molar-refractivity contribution in [3.05, 3.63) is 48.5 Å². The summed E-state index contributed by atoms with van der Waals surface area (Å²) in [5.41, 5.74) is 3.76. The number of carbonyl (C=O) groups is 1. The van der Waals surface area contributed by atoms with Gasteiger partial charge in [-0.1, -0.05) is 48.3 Å². The fraction of sp³-hybridized carbons (Fsp3) is 0.409. The average Bonchev–Trinajstić information content (AvgIpc) is 3.37. The maximum absolute atomic E-state index is 13.7. The molecule has 1 aliphatic heterocycles. The van der Waals surface area contributed by atoms with Crippen LogP contribution in [0.1, 0.15) is 19.5 Å². The summed E-state index contributed by atoms with van der Waals surface area (Å²) in [6.45, 7) is 2.42. The van der Waals surface area contributed by atoms with Crippen molar-refractivity contribution in [1.82, 2.24) is 19.6 Å². The van der Waals surface area contributed by atoms with Crippen LogP contribution in [0.3, 0.4) is 0 Å². The number of hydrogen-bond acceptors (Lipinski definition) is 11. The van der Waals surface area contributed by atoms with Gasteiger partial charge in [0.1, 0.15) is 41.8 Å². The van der Waals surface area contributed by atoms with E-state index in [-0.39, 0.29) is 34.9 Å². The van der Waals surface area contributed by atoms with Crippen LogP contribution in [0.15, 0.2) is 42.9 Å². The number of aromatic nitrogens is 4. The molecule has 1 aromatic carbocycles. The van der Waals surface area contributed by atoms with E-state index in [0.29, 0.717) is 0 Å². The van der Waals surface area contributed by atoms with Gasteiger partial charge in [-0.05, 0) is 19.1 Å². The summed E-state index contributed by atoms with van der Waals surface area (Å²) in [5, 5.41) is 25.2. The van der Waals surface area contributed by atoms with Gasteiger partial charge in [-0.3, -0.25) is 9.32 Å². The van der Waals surface area contributed by atoms with Gasteiger partial charge >= 0.3 is 7.60 Å². The summed E-state index contributed by atoms with van der Waals surface area (Å²) in [4.78, 5) is 19.8. The zero-order valence-corrected chi connectivity index (χ0v) is 22.1. The number of nitriles is 1. The van der Waals surface area contributed by atoms with Crippen LogP contribution in [0.2, 0.25) is 0 Å². The highest BCUT2D eigenvalue weighted by Crippen LogP contribution is 2.55. The zero-order valence-electron chi connectivity index (χ0n) is 19.7. The number of aliphatic hydroxyl groups excluding tert-OH is 1. The number of rotatable bonds is 9. The van der Waals surface area contributed by atoms with Crippen LogP contribution < -0.4 is 10.3 Å². The van der Waals surface area contributed by atoms with Crippen molar-refractivity contribution >= 4 is 48.0 Å². The monoisotopic (exact) mass is 568 g/mol. The van der Waals surface area contributed by atoms with E-state index in [1.165, 1.54) is 17.6 Å². The Labute approximate surface area is 221 Å². The number of hydrogen-bond donors (Lipinski definition) is 2. The minimum atomic E-state index is -3.96. The van der Waals surface area contributed by atoms with Crippen LogP contribution in [0, 0.1) is 17.2 Å². The number of aliphatic hydroxyl groups is 1. The van der Waals surface area contributed by atoms with Gasteiger partial charge in [0.2, 0.25) is 5.60 Å². The molecule has 3 heterocycles. The van der Waals surface area contributed by atoms with Crippen molar-refractivity contribution in [2.24, 2.45) is 5.92 Å². The van der Waals surface area contributed by atoms with Crippen molar-refractivity contribution in [1.29, 1.82) is 5.26 Å². The Bertz CT molecular complexity index is 1400. The van der Waals surface area contributed by atoms with E-state index >= 15 is 0 Å². The molecule has 3 aromatic rings. The second-order valence-electron chi connectivity index (χ2n) is 8.55. The van der Waals surface area contributed by atoms with E-state index < -0.39 is 42.3 Å². The standard InChI is InChI=1S/C22H23Cl2N6O6P/c1-13(14(2)31)10-37(33,36-15-6-4-3-5-7-15)34-9-16-18(32)22(23,24)21(11-25,35-16)17-8-27-20-19(26)28-12-29-30(17)20/h3-8,12-13,16,18,32H,9-10H2,1-2H3,(H2,26,28,29)/t13-,16-,18+,21+,37?/m1/s1. The minimum absolute atomic E-state index is 0.0143. The van der Waals surface area contributed by atoms with E-state index in [9.17, 15) is 19.7 Å². The molecule has 1 saturated heterocycles. The largest absolute Gasteiger partial charge is 0.424 e. The van der Waals surface area contributed by atoms with Gasteiger partial charge in [-0.15, -0.1) is 0 Å². The van der Waals surface area contributed by atoms with E-state index in [0.717, 1.165) is 6.33 Å². The van der Waals surface area contributed by atoms with E-state index in [4.69, 9.17) is 42.7 Å². The van der Waals surface area contributed by atoms with Gasteiger partial charge in [-0.2, -0.15) is 10.4 Å². The first-order chi connectivity index (χ1) is 17.4. The molecule has 1 fully saturated rings. The summed E-state index contributed by atoms with van der Waals surface area (Å²) < 4.78 is 29.9. The smallest absolute Gasteiger partial charge is 0.379 e. The number of nitrogen functional groups attached to an aromatic ring is 1. The van der Waals surface area contributed by atoms with Gasteiger partial charge in [0.25, 0.3) is 0 Å². The first kappa shape index (κ1) is 27.3. The Morgan fingerprint density at radius 1 is 1.38 bits per heavy atom. The van der Waals surface area contributed by atoms with E-state index in [1.54, 1.807) is 37.3 Å². The first-order valence-electron chi connectivity index (χ1n) is 11.0. The summed E-state index contributed by atoms with van der Waals surface area (Å²) in [7, 11) is -3.96. The average molecular weight is 569 g/mol. The third kappa shape index (κ3) is 4.91. The summed E-state index contributed by atoms with van der Waals surface area (Å²) >= 11 is 13.0. The summed E-state index contributed by atoms with van der Waals surface area (Å²) in [5.74, 6) is -0.574. The van der Waals surface area contributed by atoms with Gasteiger partial charge in [0.05, 0.1) is 19.0 Å². The number of nitrogens with zero attached hydrogens (tertiary/aromatic N) is 5. The molecule has 0 amide bonds. The maximum Gasteiger partial charge on any atom is 0.379 e. The summed E-state index contributed by atoms with van der Waals surface area (Å²) in [6.07, 6.45) is -0.880. The molecule has 4 rings (SSSR count). The van der Waals surface area contributed by atoms with Crippen molar-refractivity contribution < 1.29 is 28.3 Å². The molecule has 2 aromatic heterocycles. The van der Waals surface area contributed by atoms with Crippen LogP contribution in [-0.2, 0) is 24.2 Å². The molecular formula is C22H23Cl2N6O6P. The lowest BCUT2D eigenvalue weighted by Crippen LogP contribution is -2.45. The highest BCUT2D eigenvalue weighted by molar-refractivity contribution is 7.54. The lowest BCUT2D eigenvalue weighted by molar-refractivity contribution is -0.119. The number of nitrogens with two attached hydrogens (primary N) is 1. The van der Waals surface area contributed by atoms with Crippen LogP contribution in [-0.4, -0.2) is 59.8 Å². The molecule has 37 heavy (non-hydrogen) atoms. The predicted molar refractivity (Wildman–Crippen MR) is 133 cm³/mol. The van der Waals surface area contributed by atoms with Crippen LogP contribution in [0.5, 0.6) is 5.75 Å². The van der Waals surface area contributed by atoms with Crippen molar-refractivity contribution in [3.8, 4) is 11.8 Å². The number of para-hydroxylation sites is 1. The molecule has 0 bridgehead atoms. The zero-order chi connectivity index (χ0) is 27.0. The number of ketones is 1. The lowest BCUT2D eigenvalue weighted by atomic mass is 9.95. The minimum Gasteiger partial charge on any atom is -0.424 e. The molecule has 0 saturated carbocycles. The Hall–Kier alpha value is -2.78. The van der Waals surface area contributed by atoms with Crippen molar-refractivity contribution in [2.75, 3.05) is 18.5 Å². The van der Waals surface area contributed by atoms with E-state index in [2.05, 4.69) is 15.1 Å². The highest BCUT2D eigenvalue weighted by Gasteiger charge is 2.68. The van der Waals surface area contributed by atoms with Gasteiger partial charge in [0.15, 0.2) is 15.8 Å². The normalized spacial score (nSPS) is 25.3. The highest BCUT2D eigenvalue weighted by atomic mass is 35.5. The third-order valence-corrected chi connectivity index (χ3v) is 8.99. The fourth-order valence-electron chi connectivity index (χ4n) is 3.81. The lowest BCUT2D eigenvalue weighted by Gasteiger charge is -2.29. The molecule has 3 N–H and O–H groups in total. The molecule has 0 spiro atoms. The van der Waals surface area contributed by atoms with Crippen LogP contribution in [0.25, 0.3) is 5.65 Å². The number of alkyl halides is 2. The number of ether oxygens (including phenoxy) is 1. The number of Topliss-reactive ketones (excluding diaryl/α,β-unsaturated/α-hetero) is 1. The van der Waals surface area contributed by atoms with Crippen molar-refractivity contribution in [2.45, 2.75) is 36.0 Å². The molecule has 5 atom stereocenters. The molecule has 1 aliphatic rings. The maximum atomic E-state index is 13.7. The van der Waals surface area contributed by atoms with Gasteiger partial charge in [-0.25, -0.2) is 19.0 Å². The van der Waals surface area contributed by atoms with Gasteiger partial charge < -0.3 is 20.1 Å². The molecule has 0 aliphatic carbocycles. The number of carbonyl (C=O) groups excluding carboxylic acids is 1. The number of fused-ring (bicyclic) bond motifs is 1. The summed E-state index contributed by atoms with van der Waals surface area (Å²) in [6, 6.07) is 10.2. The van der Waals surface area contributed by atoms with Crippen LogP contribution in [0.4, 0.5) is 5.82 Å². The molecule has 12 nitrogen and oxygen atoms in total. The number of halogens is 2. The topological polar surface area (TPSA) is 175 Å². The second kappa shape index (κ2) is 10.2. The van der Waals surface area contributed by atoms with Gasteiger partial charge in [0, 0.05) is 5.92 Å². The van der Waals surface area contributed by atoms with Crippen molar-refractivity contribution in [3.63, 3.8) is 0 Å². The molecule has 1 unspecified atom stereocenters. The molecular weight excluding hydrogens is 546 g/mol. The Morgan fingerprint density at radius 3 is 2.73 bits per heavy atom. The number of anilines is 1. The molecule has 196 valence electrons. The Kier molecular flexibility index (Phi) is 7.50. The predicted octanol–water partition coefficient (Wildman–Crippen LogP) is 2.87. The number of benzene rings is 1. The van der Waals surface area contributed by atoms with Crippen LogP contribution >= 0.6 is 30.8 Å². The first-order valence-corrected chi connectivity index (χ1v) is 13.5. The quantitative estimate of drug-likeness (QED) is 0.286. The Morgan fingerprint density at radius 2 is 2.08 bits per heavy atom. The third-order valence-electron chi connectivity index (χ3n) is 5.98. The van der Waals surface area contributed by atoms with E-state index in [1.807, 2.05) is 6.07 Å². The SMILES string of the molecule is CC(=O)[C@H](C)CP(=O)(OC[C@H]1O[C@@](C#N)(c2cnc3c(N)ncnn23)C(Cl)(Cl)[C@H]1O)Oc1ccccc1. The second-order valence-corrected chi connectivity index (χ2v) is 12.0. The fourth-order valence-corrected chi connectivity index (χ4v) is 6.44. The number of imidazole rings is 1. The molecule has 15 heteroatoms.